The number of hydrogen-bond donors (Lipinski definition) is 1. The maximum absolute atomic E-state index is 14.5. The van der Waals surface area contributed by atoms with E-state index in [2.05, 4.69) is 23.2 Å². The van der Waals surface area contributed by atoms with Gasteiger partial charge < -0.3 is 10.2 Å². The van der Waals surface area contributed by atoms with Crippen LogP contribution in [0, 0.1) is 11.7 Å². The summed E-state index contributed by atoms with van der Waals surface area (Å²) in [6, 6.07) is 6.12. The summed E-state index contributed by atoms with van der Waals surface area (Å²) in [5.41, 5.74) is 1.99. The number of anilines is 1. The molecule has 2 unspecified atom stereocenters. The molecule has 2 aliphatic rings. The highest BCUT2D eigenvalue weighted by Crippen LogP contribution is 2.40. The SMILES string of the molecule is CCCNCc1cccc(F)c1N1CCCC2CCCC21. The smallest absolute Gasteiger partial charge is 0.146 e. The third kappa shape index (κ3) is 3.08. The van der Waals surface area contributed by atoms with Crippen LogP contribution in [0.3, 0.4) is 0 Å². The van der Waals surface area contributed by atoms with Gasteiger partial charge in [-0.3, -0.25) is 0 Å². The van der Waals surface area contributed by atoms with Gasteiger partial charge in [0.2, 0.25) is 0 Å². The van der Waals surface area contributed by atoms with Gasteiger partial charge in [0.25, 0.3) is 0 Å². The van der Waals surface area contributed by atoms with Gasteiger partial charge in [-0.1, -0.05) is 25.5 Å². The van der Waals surface area contributed by atoms with Crippen molar-refractivity contribution in [1.82, 2.24) is 5.32 Å². The lowest BCUT2D eigenvalue weighted by Crippen LogP contribution is -2.43. The van der Waals surface area contributed by atoms with Gasteiger partial charge in [-0.2, -0.15) is 0 Å². The minimum atomic E-state index is -0.0432. The van der Waals surface area contributed by atoms with Gasteiger partial charge in [0.05, 0.1) is 5.69 Å². The molecule has 2 atom stereocenters. The lowest BCUT2D eigenvalue weighted by atomic mass is 9.91. The topological polar surface area (TPSA) is 15.3 Å². The minimum absolute atomic E-state index is 0.0432. The number of hydrogen-bond acceptors (Lipinski definition) is 2. The molecule has 0 aromatic heterocycles. The Hall–Kier alpha value is -1.09. The summed E-state index contributed by atoms with van der Waals surface area (Å²) in [7, 11) is 0. The van der Waals surface area contributed by atoms with Crippen LogP contribution in [0.5, 0.6) is 0 Å². The van der Waals surface area contributed by atoms with E-state index in [-0.39, 0.29) is 5.82 Å². The normalized spacial score (nSPS) is 25.1. The molecule has 2 nitrogen and oxygen atoms in total. The standard InChI is InChI=1S/C18H27FN2/c1-2-11-20-13-15-7-3-9-16(19)18(15)21-12-5-8-14-6-4-10-17(14)21/h3,7,9,14,17,20H,2,4-6,8,10-13H2,1H3. The van der Waals surface area contributed by atoms with E-state index in [0.29, 0.717) is 6.04 Å². The zero-order valence-corrected chi connectivity index (χ0v) is 13.1. The summed E-state index contributed by atoms with van der Waals surface area (Å²) in [4.78, 5) is 2.39. The van der Waals surface area contributed by atoms with E-state index in [4.69, 9.17) is 0 Å². The Morgan fingerprint density at radius 2 is 2.10 bits per heavy atom. The Balaban J connectivity index is 1.85. The zero-order valence-electron chi connectivity index (χ0n) is 13.1. The molecule has 3 rings (SSSR count). The summed E-state index contributed by atoms with van der Waals surface area (Å²) in [5, 5.41) is 3.42. The van der Waals surface area contributed by atoms with Gasteiger partial charge in [0.15, 0.2) is 0 Å². The maximum Gasteiger partial charge on any atom is 0.146 e. The van der Waals surface area contributed by atoms with Gasteiger partial charge in [-0.05, 0) is 56.2 Å². The molecule has 1 heterocycles. The van der Waals surface area contributed by atoms with Crippen LogP contribution in [0.2, 0.25) is 0 Å². The Morgan fingerprint density at radius 1 is 1.24 bits per heavy atom. The van der Waals surface area contributed by atoms with E-state index in [1.54, 1.807) is 6.07 Å². The second-order valence-electron chi connectivity index (χ2n) is 6.52. The average Bonchev–Trinajstić information content (AvgIpc) is 2.96. The molecule has 1 aromatic rings. The molecule has 0 bridgehead atoms. The number of halogens is 1. The Kier molecular flexibility index (Phi) is 4.79. The first-order valence-corrected chi connectivity index (χ1v) is 8.56. The molecule has 2 fully saturated rings. The molecule has 0 amide bonds. The van der Waals surface area contributed by atoms with Crippen molar-refractivity contribution in [2.24, 2.45) is 5.92 Å². The molecule has 116 valence electrons. The highest BCUT2D eigenvalue weighted by Gasteiger charge is 2.36. The van der Waals surface area contributed by atoms with Gasteiger partial charge in [0.1, 0.15) is 5.82 Å². The maximum atomic E-state index is 14.5. The highest BCUT2D eigenvalue weighted by molar-refractivity contribution is 5.56. The summed E-state index contributed by atoms with van der Waals surface area (Å²) >= 11 is 0. The molecule has 21 heavy (non-hydrogen) atoms. The molecule has 1 aromatic carbocycles. The van der Waals surface area contributed by atoms with Crippen molar-refractivity contribution in [3.8, 4) is 0 Å². The predicted octanol–water partition coefficient (Wildman–Crippen LogP) is 4.09. The monoisotopic (exact) mass is 290 g/mol. The van der Waals surface area contributed by atoms with Crippen LogP contribution in [0.4, 0.5) is 10.1 Å². The quantitative estimate of drug-likeness (QED) is 0.822. The van der Waals surface area contributed by atoms with Crippen LogP contribution in [-0.2, 0) is 6.54 Å². The van der Waals surface area contributed by atoms with Crippen molar-refractivity contribution in [2.45, 2.75) is 58.0 Å². The number of nitrogens with zero attached hydrogens (tertiary/aromatic N) is 1. The second kappa shape index (κ2) is 6.78. The van der Waals surface area contributed by atoms with Crippen LogP contribution >= 0.6 is 0 Å². The van der Waals surface area contributed by atoms with E-state index in [0.717, 1.165) is 43.2 Å². The first-order chi connectivity index (χ1) is 10.3. The second-order valence-corrected chi connectivity index (χ2v) is 6.52. The molecule has 1 N–H and O–H groups in total. The number of para-hydroxylation sites is 1. The fourth-order valence-electron chi connectivity index (χ4n) is 4.16. The average molecular weight is 290 g/mol. The lowest BCUT2D eigenvalue weighted by Gasteiger charge is -2.40. The zero-order chi connectivity index (χ0) is 14.7. The van der Waals surface area contributed by atoms with E-state index < -0.39 is 0 Å². The fraction of sp³-hybridized carbons (Fsp3) is 0.667. The lowest BCUT2D eigenvalue weighted by molar-refractivity contribution is 0.358. The van der Waals surface area contributed by atoms with E-state index >= 15 is 0 Å². The highest BCUT2D eigenvalue weighted by atomic mass is 19.1. The molecule has 1 aliphatic carbocycles. The number of rotatable bonds is 5. The number of fused-ring (bicyclic) bond motifs is 1. The first-order valence-electron chi connectivity index (χ1n) is 8.56. The van der Waals surface area contributed by atoms with Crippen molar-refractivity contribution < 1.29 is 4.39 Å². The number of nitrogens with one attached hydrogen (secondary N) is 1. The van der Waals surface area contributed by atoms with Crippen LogP contribution in [0.25, 0.3) is 0 Å². The van der Waals surface area contributed by atoms with Gasteiger partial charge >= 0.3 is 0 Å². The van der Waals surface area contributed by atoms with Crippen LogP contribution in [0.1, 0.15) is 51.0 Å². The van der Waals surface area contributed by atoms with Gasteiger partial charge in [-0.25, -0.2) is 4.39 Å². The molecule has 1 saturated carbocycles. The summed E-state index contributed by atoms with van der Waals surface area (Å²) in [6.07, 6.45) is 7.53. The Labute approximate surface area is 127 Å². The summed E-state index contributed by atoms with van der Waals surface area (Å²) in [6.45, 7) is 4.94. The molecule has 0 radical (unpaired) electrons. The third-order valence-electron chi connectivity index (χ3n) is 5.09. The van der Waals surface area contributed by atoms with Crippen molar-refractivity contribution in [1.29, 1.82) is 0 Å². The third-order valence-corrected chi connectivity index (χ3v) is 5.09. The van der Waals surface area contributed by atoms with E-state index in [9.17, 15) is 4.39 Å². The van der Waals surface area contributed by atoms with Gasteiger partial charge in [-0.15, -0.1) is 0 Å². The van der Waals surface area contributed by atoms with Crippen LogP contribution in [-0.4, -0.2) is 19.1 Å². The Morgan fingerprint density at radius 3 is 2.95 bits per heavy atom. The minimum Gasteiger partial charge on any atom is -0.366 e. The molecule has 3 heteroatoms. The molecule has 1 saturated heterocycles. The van der Waals surface area contributed by atoms with Crippen molar-refractivity contribution in [2.75, 3.05) is 18.0 Å². The van der Waals surface area contributed by atoms with Crippen LogP contribution in [0.15, 0.2) is 18.2 Å². The van der Waals surface area contributed by atoms with E-state index in [1.165, 1.54) is 32.1 Å². The largest absolute Gasteiger partial charge is 0.366 e. The first kappa shape index (κ1) is 14.8. The summed E-state index contributed by atoms with van der Waals surface area (Å²) in [5.74, 6) is 0.744. The predicted molar refractivity (Wildman–Crippen MR) is 86.1 cm³/mol. The fourth-order valence-corrected chi connectivity index (χ4v) is 4.16. The van der Waals surface area contributed by atoms with E-state index in [1.807, 2.05) is 6.07 Å². The van der Waals surface area contributed by atoms with Crippen LogP contribution < -0.4 is 10.2 Å². The number of benzene rings is 1. The van der Waals surface area contributed by atoms with Crippen molar-refractivity contribution in [3.05, 3.63) is 29.6 Å². The summed E-state index contributed by atoms with van der Waals surface area (Å²) < 4.78 is 14.5. The number of piperidine rings is 1. The van der Waals surface area contributed by atoms with Crippen molar-refractivity contribution >= 4 is 5.69 Å². The molecule has 1 aliphatic heterocycles. The molecule has 0 spiro atoms. The Bertz CT molecular complexity index is 474. The van der Waals surface area contributed by atoms with Gasteiger partial charge in [0, 0.05) is 19.1 Å². The van der Waals surface area contributed by atoms with Crippen molar-refractivity contribution in [3.63, 3.8) is 0 Å². The molecular formula is C18H27FN2. The molecular weight excluding hydrogens is 263 g/mol.